The van der Waals surface area contributed by atoms with Gasteiger partial charge in [-0.3, -0.25) is 0 Å². The summed E-state index contributed by atoms with van der Waals surface area (Å²) in [5.74, 6) is 0.668. The lowest BCUT2D eigenvalue weighted by Gasteiger charge is -1.94. The van der Waals surface area contributed by atoms with Gasteiger partial charge in [-0.1, -0.05) is 72.3 Å². The van der Waals surface area contributed by atoms with E-state index in [0.29, 0.717) is 5.92 Å². The van der Waals surface area contributed by atoms with Crippen molar-refractivity contribution in [1.82, 2.24) is 0 Å². The Hall–Kier alpha value is -1.82. The standard InChI is InChI=1S/C16H14/c1-3-7-13(8-4-1)11-15-12-16(15)14-9-5-2-6-10-14/h1-11,16H,12H2/b15-11-. The molecule has 0 bridgehead atoms. The van der Waals surface area contributed by atoms with Crippen LogP contribution in [0.1, 0.15) is 23.5 Å². The number of rotatable bonds is 2. The number of allylic oxidation sites excluding steroid dienone is 1. The highest BCUT2D eigenvalue weighted by Gasteiger charge is 2.30. The predicted octanol–water partition coefficient (Wildman–Crippen LogP) is 4.26. The molecule has 3 rings (SSSR count). The summed E-state index contributed by atoms with van der Waals surface area (Å²) in [4.78, 5) is 0. The summed E-state index contributed by atoms with van der Waals surface area (Å²) in [6.45, 7) is 0. The highest BCUT2D eigenvalue weighted by molar-refractivity contribution is 5.61. The van der Waals surface area contributed by atoms with Gasteiger partial charge in [-0.15, -0.1) is 0 Å². The fraction of sp³-hybridized carbons (Fsp3) is 0.125. The zero-order chi connectivity index (χ0) is 10.8. The highest BCUT2D eigenvalue weighted by atomic mass is 14.3. The van der Waals surface area contributed by atoms with E-state index >= 15 is 0 Å². The van der Waals surface area contributed by atoms with Crippen molar-refractivity contribution >= 4 is 6.08 Å². The van der Waals surface area contributed by atoms with Crippen LogP contribution in [0.15, 0.2) is 66.2 Å². The van der Waals surface area contributed by atoms with E-state index in [-0.39, 0.29) is 0 Å². The molecule has 0 aromatic heterocycles. The van der Waals surface area contributed by atoms with Crippen molar-refractivity contribution in [1.29, 1.82) is 0 Å². The van der Waals surface area contributed by atoms with Gasteiger partial charge < -0.3 is 0 Å². The van der Waals surface area contributed by atoms with Crippen LogP contribution in [-0.4, -0.2) is 0 Å². The summed E-state index contributed by atoms with van der Waals surface area (Å²) in [7, 11) is 0. The summed E-state index contributed by atoms with van der Waals surface area (Å²) < 4.78 is 0. The van der Waals surface area contributed by atoms with Gasteiger partial charge >= 0.3 is 0 Å². The molecule has 0 radical (unpaired) electrons. The number of hydrogen-bond acceptors (Lipinski definition) is 0. The van der Waals surface area contributed by atoms with E-state index in [1.807, 2.05) is 0 Å². The number of benzene rings is 2. The van der Waals surface area contributed by atoms with E-state index < -0.39 is 0 Å². The molecule has 0 saturated heterocycles. The van der Waals surface area contributed by atoms with Crippen LogP contribution in [0.3, 0.4) is 0 Å². The zero-order valence-electron chi connectivity index (χ0n) is 9.14. The lowest BCUT2D eigenvalue weighted by atomic mass is 10.1. The third-order valence-corrected chi connectivity index (χ3v) is 3.08. The van der Waals surface area contributed by atoms with Crippen molar-refractivity contribution in [3.63, 3.8) is 0 Å². The lowest BCUT2D eigenvalue weighted by molar-refractivity contribution is 1.16. The monoisotopic (exact) mass is 206 g/mol. The summed E-state index contributed by atoms with van der Waals surface area (Å²) in [5.41, 5.74) is 4.32. The fourth-order valence-corrected chi connectivity index (χ4v) is 2.12. The summed E-state index contributed by atoms with van der Waals surface area (Å²) in [6.07, 6.45) is 3.54. The Balaban J connectivity index is 1.80. The Bertz CT molecular complexity index is 494. The summed E-state index contributed by atoms with van der Waals surface area (Å²) in [5, 5.41) is 0. The van der Waals surface area contributed by atoms with Gasteiger partial charge in [0.1, 0.15) is 0 Å². The van der Waals surface area contributed by atoms with Crippen LogP contribution in [0.2, 0.25) is 0 Å². The molecular weight excluding hydrogens is 192 g/mol. The van der Waals surface area contributed by atoms with Gasteiger partial charge in [-0.2, -0.15) is 0 Å². The van der Waals surface area contributed by atoms with Crippen LogP contribution in [0.25, 0.3) is 6.08 Å². The van der Waals surface area contributed by atoms with Gasteiger partial charge in [0.05, 0.1) is 0 Å². The molecule has 1 atom stereocenters. The van der Waals surface area contributed by atoms with Crippen LogP contribution in [0, 0.1) is 0 Å². The Morgan fingerprint density at radius 1 is 0.812 bits per heavy atom. The van der Waals surface area contributed by atoms with Crippen LogP contribution < -0.4 is 0 Å². The third-order valence-electron chi connectivity index (χ3n) is 3.08. The predicted molar refractivity (Wildman–Crippen MR) is 68.2 cm³/mol. The van der Waals surface area contributed by atoms with Crippen molar-refractivity contribution < 1.29 is 0 Å². The minimum absolute atomic E-state index is 0.668. The molecule has 1 fully saturated rings. The first-order valence-corrected chi connectivity index (χ1v) is 5.74. The SMILES string of the molecule is C(=C1\CC1c1ccccc1)/c1ccccc1. The second-order valence-corrected chi connectivity index (χ2v) is 4.30. The smallest absolute Gasteiger partial charge is 0.00893 e. The molecule has 16 heavy (non-hydrogen) atoms. The first kappa shape index (κ1) is 9.41. The maximum absolute atomic E-state index is 2.32. The minimum Gasteiger partial charge on any atom is -0.0622 e. The average molecular weight is 206 g/mol. The summed E-state index contributed by atoms with van der Waals surface area (Å²) in [6, 6.07) is 21.3. The largest absolute Gasteiger partial charge is 0.0622 e. The van der Waals surface area contributed by atoms with Gasteiger partial charge in [0.15, 0.2) is 0 Å². The van der Waals surface area contributed by atoms with Crippen LogP contribution in [0.5, 0.6) is 0 Å². The first-order valence-electron chi connectivity index (χ1n) is 5.74. The normalized spacial score (nSPS) is 21.0. The molecule has 0 nitrogen and oxygen atoms in total. The van der Waals surface area contributed by atoms with Gasteiger partial charge in [0, 0.05) is 5.92 Å². The Morgan fingerprint density at radius 3 is 2.12 bits per heavy atom. The van der Waals surface area contributed by atoms with Crippen molar-refractivity contribution in [3.8, 4) is 0 Å². The highest BCUT2D eigenvalue weighted by Crippen LogP contribution is 2.47. The maximum atomic E-state index is 2.32. The fourth-order valence-electron chi connectivity index (χ4n) is 2.12. The second kappa shape index (κ2) is 3.97. The molecule has 0 spiro atoms. The average Bonchev–Trinajstić information content (AvgIpc) is 3.11. The van der Waals surface area contributed by atoms with E-state index in [1.54, 1.807) is 5.57 Å². The van der Waals surface area contributed by atoms with Crippen LogP contribution >= 0.6 is 0 Å². The minimum atomic E-state index is 0.668. The van der Waals surface area contributed by atoms with E-state index in [4.69, 9.17) is 0 Å². The molecule has 0 heterocycles. The number of hydrogen-bond donors (Lipinski definition) is 0. The Morgan fingerprint density at radius 2 is 1.44 bits per heavy atom. The molecular formula is C16H14. The van der Waals surface area contributed by atoms with E-state index in [0.717, 1.165) is 0 Å². The van der Waals surface area contributed by atoms with Gasteiger partial charge in [0.25, 0.3) is 0 Å². The van der Waals surface area contributed by atoms with Crippen LogP contribution in [0.4, 0.5) is 0 Å². The molecule has 0 aliphatic heterocycles. The molecule has 1 aliphatic carbocycles. The molecule has 2 aromatic rings. The van der Waals surface area contributed by atoms with Crippen molar-refractivity contribution in [2.24, 2.45) is 0 Å². The Labute approximate surface area is 96.3 Å². The molecule has 2 aromatic carbocycles. The third kappa shape index (κ3) is 1.92. The van der Waals surface area contributed by atoms with Crippen molar-refractivity contribution in [3.05, 3.63) is 77.4 Å². The van der Waals surface area contributed by atoms with Gasteiger partial charge in [-0.05, 0) is 17.5 Å². The molecule has 78 valence electrons. The summed E-state index contributed by atoms with van der Waals surface area (Å²) >= 11 is 0. The van der Waals surface area contributed by atoms with Gasteiger partial charge in [0.2, 0.25) is 0 Å². The molecule has 0 amide bonds. The zero-order valence-corrected chi connectivity index (χ0v) is 9.14. The van der Waals surface area contributed by atoms with E-state index in [1.165, 1.54) is 17.5 Å². The quantitative estimate of drug-likeness (QED) is 0.688. The molecule has 1 aliphatic rings. The maximum Gasteiger partial charge on any atom is 0.00893 e. The topological polar surface area (TPSA) is 0 Å². The van der Waals surface area contributed by atoms with E-state index in [9.17, 15) is 0 Å². The molecule has 1 saturated carbocycles. The molecule has 1 unspecified atom stereocenters. The van der Waals surface area contributed by atoms with Crippen molar-refractivity contribution in [2.75, 3.05) is 0 Å². The Kier molecular flexibility index (Phi) is 2.34. The second-order valence-electron chi connectivity index (χ2n) is 4.30. The van der Waals surface area contributed by atoms with Crippen LogP contribution in [-0.2, 0) is 0 Å². The first-order chi connectivity index (χ1) is 7.93. The van der Waals surface area contributed by atoms with E-state index in [2.05, 4.69) is 66.7 Å². The van der Waals surface area contributed by atoms with Crippen molar-refractivity contribution in [2.45, 2.75) is 12.3 Å². The lowest BCUT2D eigenvalue weighted by Crippen LogP contribution is -1.76. The van der Waals surface area contributed by atoms with Gasteiger partial charge in [-0.25, -0.2) is 0 Å². The molecule has 0 heteroatoms. The molecule has 0 N–H and O–H groups in total.